The Kier molecular flexibility index (Phi) is 6.01. The van der Waals surface area contributed by atoms with Gasteiger partial charge in [0.05, 0.1) is 12.2 Å². The summed E-state index contributed by atoms with van der Waals surface area (Å²) in [5.41, 5.74) is 1.02. The van der Waals surface area contributed by atoms with Crippen molar-refractivity contribution in [3.8, 4) is 0 Å². The molecule has 1 N–H and O–H groups in total. The molecule has 0 bridgehead atoms. The van der Waals surface area contributed by atoms with Crippen LogP contribution in [-0.2, 0) is 13.1 Å². The third-order valence-corrected chi connectivity index (χ3v) is 3.54. The molecule has 1 aromatic heterocycles. The first-order valence-corrected chi connectivity index (χ1v) is 7.72. The molecule has 0 atom stereocenters. The predicted molar refractivity (Wildman–Crippen MR) is 80.5 cm³/mol. The topological polar surface area (TPSA) is 44.5 Å². The first-order valence-electron chi connectivity index (χ1n) is 7.72. The number of hydrogen-bond acceptors (Lipinski definition) is 5. The van der Waals surface area contributed by atoms with Gasteiger partial charge in [0.1, 0.15) is 0 Å². The zero-order valence-corrected chi connectivity index (χ0v) is 13.1. The number of rotatable bonds is 10. The minimum absolute atomic E-state index is 0.715. The minimum atomic E-state index is 0.715. The standard InChI is InChI=1S/C15H28N4O/c1-4-7-19(9-8-18(2)3)12-15-10-14(17-20-15)11-16-13-5-6-13/h10,13,16H,4-9,11-12H2,1-3H3. The fourth-order valence-electron chi connectivity index (χ4n) is 2.20. The Morgan fingerprint density at radius 2 is 2.10 bits per heavy atom. The van der Waals surface area contributed by atoms with Gasteiger partial charge in [0.25, 0.3) is 0 Å². The highest BCUT2D eigenvalue weighted by atomic mass is 16.5. The molecule has 1 saturated carbocycles. The first kappa shape index (κ1) is 15.5. The monoisotopic (exact) mass is 280 g/mol. The smallest absolute Gasteiger partial charge is 0.151 e. The van der Waals surface area contributed by atoms with Gasteiger partial charge in [0.15, 0.2) is 5.76 Å². The Balaban J connectivity index is 1.78. The summed E-state index contributed by atoms with van der Waals surface area (Å²) in [5.74, 6) is 0.977. The van der Waals surface area contributed by atoms with Crippen LogP contribution in [0.4, 0.5) is 0 Å². The normalized spacial score (nSPS) is 15.4. The van der Waals surface area contributed by atoms with E-state index in [1.165, 1.54) is 12.8 Å². The molecule has 0 amide bonds. The Hall–Kier alpha value is -0.910. The van der Waals surface area contributed by atoms with Gasteiger partial charge in [0, 0.05) is 31.7 Å². The fraction of sp³-hybridized carbons (Fsp3) is 0.800. The van der Waals surface area contributed by atoms with Crippen LogP contribution in [0.1, 0.15) is 37.6 Å². The quantitative estimate of drug-likeness (QED) is 0.707. The molecule has 0 aliphatic heterocycles. The summed E-state index contributed by atoms with van der Waals surface area (Å²) in [4.78, 5) is 4.65. The van der Waals surface area contributed by atoms with Gasteiger partial charge in [0.2, 0.25) is 0 Å². The summed E-state index contributed by atoms with van der Waals surface area (Å²) in [7, 11) is 4.22. The molecule has 0 saturated heterocycles. The average molecular weight is 280 g/mol. The largest absolute Gasteiger partial charge is 0.360 e. The van der Waals surface area contributed by atoms with Gasteiger partial charge in [-0.2, -0.15) is 0 Å². The van der Waals surface area contributed by atoms with Crippen molar-refractivity contribution < 1.29 is 4.52 Å². The Bertz CT molecular complexity index is 387. The molecule has 114 valence electrons. The van der Waals surface area contributed by atoms with Crippen molar-refractivity contribution in [3.63, 3.8) is 0 Å². The van der Waals surface area contributed by atoms with Gasteiger partial charge >= 0.3 is 0 Å². The Labute approximate surface area is 122 Å². The molecule has 0 unspecified atom stereocenters. The predicted octanol–water partition coefficient (Wildman–Crippen LogP) is 1.70. The molecule has 0 radical (unpaired) electrons. The van der Waals surface area contributed by atoms with Crippen molar-refractivity contribution >= 4 is 0 Å². The zero-order valence-electron chi connectivity index (χ0n) is 13.1. The van der Waals surface area contributed by atoms with Crippen LogP contribution >= 0.6 is 0 Å². The van der Waals surface area contributed by atoms with Gasteiger partial charge in [-0.25, -0.2) is 0 Å². The number of nitrogens with zero attached hydrogens (tertiary/aromatic N) is 3. The van der Waals surface area contributed by atoms with E-state index in [2.05, 4.69) is 47.4 Å². The third-order valence-electron chi connectivity index (χ3n) is 3.54. The lowest BCUT2D eigenvalue weighted by Crippen LogP contribution is -2.31. The van der Waals surface area contributed by atoms with Crippen molar-refractivity contribution in [1.29, 1.82) is 0 Å². The molecule has 5 nitrogen and oxygen atoms in total. The van der Waals surface area contributed by atoms with Gasteiger partial charge in [-0.1, -0.05) is 12.1 Å². The summed E-state index contributed by atoms with van der Waals surface area (Å²) in [5, 5.41) is 7.61. The molecule has 0 aromatic carbocycles. The lowest BCUT2D eigenvalue weighted by molar-refractivity contribution is 0.209. The second-order valence-corrected chi connectivity index (χ2v) is 6.02. The molecule has 5 heteroatoms. The molecule has 1 heterocycles. The maximum absolute atomic E-state index is 5.46. The van der Waals surface area contributed by atoms with Crippen molar-refractivity contribution in [2.75, 3.05) is 33.7 Å². The van der Waals surface area contributed by atoms with Crippen LogP contribution in [0.3, 0.4) is 0 Å². The molecule has 1 aliphatic rings. The van der Waals surface area contributed by atoms with E-state index in [1.807, 2.05) is 0 Å². The number of nitrogens with one attached hydrogen (secondary N) is 1. The Morgan fingerprint density at radius 1 is 1.30 bits per heavy atom. The van der Waals surface area contributed by atoms with Crippen molar-refractivity contribution in [2.45, 2.75) is 45.3 Å². The van der Waals surface area contributed by atoms with Crippen LogP contribution in [0, 0.1) is 0 Å². The number of hydrogen-bond donors (Lipinski definition) is 1. The molecular weight excluding hydrogens is 252 g/mol. The molecule has 2 rings (SSSR count). The van der Waals surface area contributed by atoms with E-state index < -0.39 is 0 Å². The van der Waals surface area contributed by atoms with E-state index in [0.717, 1.165) is 50.6 Å². The molecule has 1 aromatic rings. The van der Waals surface area contributed by atoms with Gasteiger partial charge in [-0.3, -0.25) is 4.90 Å². The van der Waals surface area contributed by atoms with Crippen LogP contribution in [0.2, 0.25) is 0 Å². The van der Waals surface area contributed by atoms with E-state index in [4.69, 9.17) is 4.52 Å². The number of likely N-dealkylation sites (N-methyl/N-ethyl adjacent to an activating group) is 1. The summed E-state index contributed by atoms with van der Waals surface area (Å²) >= 11 is 0. The maximum Gasteiger partial charge on any atom is 0.151 e. The highest BCUT2D eigenvalue weighted by molar-refractivity contribution is 5.05. The maximum atomic E-state index is 5.46. The van der Waals surface area contributed by atoms with Crippen molar-refractivity contribution in [2.24, 2.45) is 0 Å². The number of aromatic nitrogens is 1. The van der Waals surface area contributed by atoms with Crippen molar-refractivity contribution in [3.05, 3.63) is 17.5 Å². The lowest BCUT2D eigenvalue weighted by atomic mass is 10.3. The lowest BCUT2D eigenvalue weighted by Gasteiger charge is -2.22. The van der Waals surface area contributed by atoms with Crippen LogP contribution < -0.4 is 5.32 Å². The second kappa shape index (κ2) is 7.76. The molecule has 1 fully saturated rings. The van der Waals surface area contributed by atoms with Gasteiger partial charge in [-0.15, -0.1) is 0 Å². The van der Waals surface area contributed by atoms with E-state index in [0.29, 0.717) is 6.04 Å². The zero-order chi connectivity index (χ0) is 14.4. The third kappa shape index (κ3) is 5.61. The van der Waals surface area contributed by atoms with E-state index in [1.54, 1.807) is 0 Å². The van der Waals surface area contributed by atoms with Crippen molar-refractivity contribution in [1.82, 2.24) is 20.3 Å². The minimum Gasteiger partial charge on any atom is -0.360 e. The summed E-state index contributed by atoms with van der Waals surface area (Å²) in [6.07, 6.45) is 3.77. The molecule has 0 spiro atoms. The first-order chi connectivity index (χ1) is 9.67. The van der Waals surface area contributed by atoms with E-state index in [-0.39, 0.29) is 0 Å². The highest BCUT2D eigenvalue weighted by Gasteiger charge is 2.20. The summed E-state index contributed by atoms with van der Waals surface area (Å²) < 4.78 is 5.46. The summed E-state index contributed by atoms with van der Waals surface area (Å²) in [6, 6.07) is 2.81. The highest BCUT2D eigenvalue weighted by Crippen LogP contribution is 2.19. The van der Waals surface area contributed by atoms with Gasteiger partial charge in [-0.05, 0) is 39.9 Å². The molecular formula is C15H28N4O. The fourth-order valence-corrected chi connectivity index (χ4v) is 2.20. The summed E-state index contributed by atoms with van der Waals surface area (Å²) in [6.45, 7) is 7.15. The van der Waals surface area contributed by atoms with E-state index >= 15 is 0 Å². The van der Waals surface area contributed by atoms with Crippen LogP contribution in [0.15, 0.2) is 10.6 Å². The molecule has 1 aliphatic carbocycles. The molecule has 20 heavy (non-hydrogen) atoms. The van der Waals surface area contributed by atoms with E-state index in [9.17, 15) is 0 Å². The SMILES string of the molecule is CCCN(CCN(C)C)Cc1cc(CNC2CC2)no1. The Morgan fingerprint density at radius 3 is 2.75 bits per heavy atom. The van der Waals surface area contributed by atoms with Crippen LogP contribution in [-0.4, -0.2) is 54.7 Å². The van der Waals surface area contributed by atoms with Crippen LogP contribution in [0.25, 0.3) is 0 Å². The van der Waals surface area contributed by atoms with Gasteiger partial charge < -0.3 is 14.7 Å². The van der Waals surface area contributed by atoms with Crippen LogP contribution in [0.5, 0.6) is 0 Å². The average Bonchev–Trinajstić information content (AvgIpc) is 3.14. The second-order valence-electron chi connectivity index (χ2n) is 6.02.